The molecule has 0 aliphatic carbocycles. The van der Waals surface area contributed by atoms with Gasteiger partial charge in [0, 0.05) is 7.11 Å². The molecule has 16 heavy (non-hydrogen) atoms. The lowest BCUT2D eigenvalue weighted by molar-refractivity contribution is 0.0674. The first kappa shape index (κ1) is 12.8. The third-order valence-electron chi connectivity index (χ3n) is 1.92. The van der Waals surface area contributed by atoms with Gasteiger partial charge in [-0.3, -0.25) is 0 Å². The monoisotopic (exact) mass is 244 g/mol. The van der Waals surface area contributed by atoms with E-state index >= 15 is 0 Å². The zero-order valence-corrected chi connectivity index (χ0v) is 9.82. The molecule has 0 saturated heterocycles. The maximum Gasteiger partial charge on any atom is 0.341 e. The van der Waals surface area contributed by atoms with E-state index in [0.717, 1.165) is 0 Å². The number of carbonyl (C=O) groups is 1. The number of hydrogen-bond donors (Lipinski definition) is 1. The van der Waals surface area contributed by atoms with Gasteiger partial charge in [0.1, 0.15) is 17.4 Å². The number of carboxylic acids is 1. The van der Waals surface area contributed by atoms with Crippen molar-refractivity contribution in [3.63, 3.8) is 0 Å². The van der Waals surface area contributed by atoms with Gasteiger partial charge in [-0.2, -0.15) is 0 Å². The Bertz CT molecular complexity index is 378. The SMILES string of the molecule is COCC(C)Oc1cccc(Cl)c1C(=O)O. The summed E-state index contributed by atoms with van der Waals surface area (Å²) in [6, 6.07) is 4.73. The minimum absolute atomic E-state index is 0.0212. The Hall–Kier alpha value is -1.26. The third kappa shape index (κ3) is 3.12. The van der Waals surface area contributed by atoms with Crippen LogP contribution < -0.4 is 4.74 Å². The highest BCUT2D eigenvalue weighted by molar-refractivity contribution is 6.33. The van der Waals surface area contributed by atoms with Crippen LogP contribution in [0.2, 0.25) is 5.02 Å². The van der Waals surface area contributed by atoms with Gasteiger partial charge in [0.2, 0.25) is 0 Å². The van der Waals surface area contributed by atoms with Crippen molar-refractivity contribution >= 4 is 17.6 Å². The molecule has 1 N–H and O–H groups in total. The van der Waals surface area contributed by atoms with Gasteiger partial charge in [0.05, 0.1) is 11.6 Å². The molecule has 0 fully saturated rings. The van der Waals surface area contributed by atoms with Gasteiger partial charge in [-0.15, -0.1) is 0 Å². The fraction of sp³-hybridized carbons (Fsp3) is 0.364. The van der Waals surface area contributed by atoms with Crippen molar-refractivity contribution in [2.24, 2.45) is 0 Å². The van der Waals surface area contributed by atoms with Crippen LogP contribution in [0, 0.1) is 0 Å². The molecule has 88 valence electrons. The molecule has 1 aromatic rings. The van der Waals surface area contributed by atoms with E-state index in [1.54, 1.807) is 26.2 Å². The standard InChI is InChI=1S/C11H13ClO4/c1-7(6-15-2)16-9-5-3-4-8(12)10(9)11(13)14/h3-5,7H,6H2,1-2H3,(H,13,14). The van der Waals surface area contributed by atoms with Crippen molar-refractivity contribution in [1.29, 1.82) is 0 Å². The van der Waals surface area contributed by atoms with Crippen molar-refractivity contribution in [3.8, 4) is 5.75 Å². The Kier molecular flexibility index (Phi) is 4.58. The number of methoxy groups -OCH3 is 1. The summed E-state index contributed by atoms with van der Waals surface area (Å²) in [5.41, 5.74) is -0.0212. The van der Waals surface area contributed by atoms with Crippen LogP contribution in [-0.2, 0) is 4.74 Å². The highest BCUT2D eigenvalue weighted by Gasteiger charge is 2.17. The first-order chi connectivity index (χ1) is 7.56. The summed E-state index contributed by atoms with van der Waals surface area (Å²) in [4.78, 5) is 11.0. The maximum absolute atomic E-state index is 11.0. The van der Waals surface area contributed by atoms with Crippen LogP contribution in [-0.4, -0.2) is 30.9 Å². The van der Waals surface area contributed by atoms with E-state index in [2.05, 4.69) is 0 Å². The average Bonchev–Trinajstić information content (AvgIpc) is 2.17. The van der Waals surface area contributed by atoms with Crippen LogP contribution in [0.25, 0.3) is 0 Å². The van der Waals surface area contributed by atoms with Gasteiger partial charge in [-0.1, -0.05) is 17.7 Å². The summed E-state index contributed by atoms with van der Waals surface area (Å²) in [7, 11) is 1.55. The molecule has 0 saturated carbocycles. The van der Waals surface area contributed by atoms with Crippen molar-refractivity contribution < 1.29 is 19.4 Å². The number of ether oxygens (including phenoxy) is 2. The summed E-state index contributed by atoms with van der Waals surface area (Å²) in [6.07, 6.45) is -0.235. The molecule has 1 unspecified atom stereocenters. The Morgan fingerprint density at radius 1 is 1.56 bits per heavy atom. The predicted octanol–water partition coefficient (Wildman–Crippen LogP) is 2.45. The summed E-state index contributed by atoms with van der Waals surface area (Å²) >= 11 is 5.79. The first-order valence-corrected chi connectivity index (χ1v) is 5.11. The number of carboxylic acid groups (broad SMARTS) is 1. The fourth-order valence-electron chi connectivity index (χ4n) is 1.30. The Balaban J connectivity index is 2.95. The van der Waals surface area contributed by atoms with Crippen LogP contribution in [0.4, 0.5) is 0 Å². The fourth-order valence-corrected chi connectivity index (χ4v) is 1.54. The lowest BCUT2D eigenvalue weighted by atomic mass is 10.2. The quantitative estimate of drug-likeness (QED) is 0.864. The van der Waals surface area contributed by atoms with Crippen molar-refractivity contribution in [2.75, 3.05) is 13.7 Å². The van der Waals surface area contributed by atoms with Gasteiger partial charge in [-0.05, 0) is 19.1 Å². The molecule has 0 bridgehead atoms. The van der Waals surface area contributed by atoms with Crippen LogP contribution >= 0.6 is 11.6 Å². The van der Waals surface area contributed by atoms with Gasteiger partial charge in [0.25, 0.3) is 0 Å². The Morgan fingerprint density at radius 2 is 2.25 bits per heavy atom. The Labute approximate surface area is 98.7 Å². The molecular weight excluding hydrogens is 232 g/mol. The van der Waals surface area contributed by atoms with Crippen molar-refractivity contribution in [1.82, 2.24) is 0 Å². The molecule has 1 aromatic carbocycles. The van der Waals surface area contributed by atoms with E-state index in [4.69, 9.17) is 26.2 Å². The van der Waals surface area contributed by atoms with Gasteiger partial charge in [-0.25, -0.2) is 4.79 Å². The summed E-state index contributed by atoms with van der Waals surface area (Å²) < 4.78 is 10.3. The Morgan fingerprint density at radius 3 is 2.81 bits per heavy atom. The highest BCUT2D eigenvalue weighted by atomic mass is 35.5. The molecule has 0 aliphatic heterocycles. The number of hydrogen-bond acceptors (Lipinski definition) is 3. The predicted molar refractivity (Wildman–Crippen MR) is 60.4 cm³/mol. The van der Waals surface area contributed by atoms with Crippen molar-refractivity contribution in [3.05, 3.63) is 28.8 Å². The summed E-state index contributed by atoms with van der Waals surface area (Å²) in [6.45, 7) is 2.17. The molecule has 0 aliphatic rings. The molecule has 0 aromatic heterocycles. The van der Waals surface area contributed by atoms with Crippen LogP contribution in [0.5, 0.6) is 5.75 Å². The minimum atomic E-state index is -1.11. The lowest BCUT2D eigenvalue weighted by Crippen LogP contribution is -2.19. The van der Waals surface area contributed by atoms with E-state index in [0.29, 0.717) is 6.61 Å². The normalized spacial score (nSPS) is 12.2. The minimum Gasteiger partial charge on any atom is -0.487 e. The smallest absolute Gasteiger partial charge is 0.341 e. The second kappa shape index (κ2) is 5.72. The molecule has 0 radical (unpaired) electrons. The molecular formula is C11H13ClO4. The van der Waals surface area contributed by atoms with Crippen LogP contribution in [0.1, 0.15) is 17.3 Å². The van der Waals surface area contributed by atoms with Crippen LogP contribution in [0.3, 0.4) is 0 Å². The van der Waals surface area contributed by atoms with Crippen molar-refractivity contribution in [2.45, 2.75) is 13.0 Å². The molecule has 5 heteroatoms. The number of rotatable bonds is 5. The highest BCUT2D eigenvalue weighted by Crippen LogP contribution is 2.27. The van der Waals surface area contributed by atoms with E-state index in [-0.39, 0.29) is 22.4 Å². The summed E-state index contributed by atoms with van der Waals surface area (Å²) in [5, 5.41) is 9.16. The molecule has 4 nitrogen and oxygen atoms in total. The molecule has 1 rings (SSSR count). The number of halogens is 1. The lowest BCUT2D eigenvalue weighted by Gasteiger charge is -2.15. The molecule has 0 heterocycles. The average molecular weight is 245 g/mol. The zero-order chi connectivity index (χ0) is 12.1. The molecule has 0 amide bonds. The first-order valence-electron chi connectivity index (χ1n) is 4.73. The van der Waals surface area contributed by atoms with E-state index in [9.17, 15) is 4.79 Å². The zero-order valence-electron chi connectivity index (χ0n) is 9.07. The van der Waals surface area contributed by atoms with Crippen LogP contribution in [0.15, 0.2) is 18.2 Å². The second-order valence-corrected chi connectivity index (χ2v) is 3.71. The molecule has 1 atom stereocenters. The number of aromatic carboxylic acids is 1. The third-order valence-corrected chi connectivity index (χ3v) is 2.23. The second-order valence-electron chi connectivity index (χ2n) is 3.30. The topological polar surface area (TPSA) is 55.8 Å². The maximum atomic E-state index is 11.0. The van der Waals surface area contributed by atoms with E-state index in [1.807, 2.05) is 0 Å². The van der Waals surface area contributed by atoms with E-state index in [1.165, 1.54) is 6.07 Å². The largest absolute Gasteiger partial charge is 0.487 e. The van der Waals surface area contributed by atoms with E-state index < -0.39 is 5.97 Å². The molecule has 0 spiro atoms. The van der Waals surface area contributed by atoms with Gasteiger partial charge < -0.3 is 14.6 Å². The summed E-state index contributed by atoms with van der Waals surface area (Å²) in [5.74, 6) is -0.852. The number of benzene rings is 1. The van der Waals surface area contributed by atoms with Gasteiger partial charge >= 0.3 is 5.97 Å². The van der Waals surface area contributed by atoms with Gasteiger partial charge in [0.15, 0.2) is 0 Å².